The van der Waals surface area contributed by atoms with Gasteiger partial charge in [-0.15, -0.1) is 0 Å². The van der Waals surface area contributed by atoms with Crippen LogP contribution in [0.1, 0.15) is 42.5 Å². The van der Waals surface area contributed by atoms with Crippen LogP contribution in [0.15, 0.2) is 18.2 Å². The lowest BCUT2D eigenvalue weighted by Crippen LogP contribution is -2.55. The number of amides is 1. The van der Waals surface area contributed by atoms with Crippen LogP contribution in [0.2, 0.25) is 0 Å². The van der Waals surface area contributed by atoms with Gasteiger partial charge in [0.25, 0.3) is 5.91 Å². The van der Waals surface area contributed by atoms with Crippen LogP contribution < -0.4 is 10.1 Å². The standard InChI is InChI=1S/C15H18FNO4/c1-21-12-9-10(5-6-11(12)16)13(18)17-15(14(19)20)7-3-2-4-8-15/h5-6,9H,2-4,7-8H2,1H3,(H,17,18)(H,19,20). The van der Waals surface area contributed by atoms with Crippen LogP contribution in [-0.4, -0.2) is 29.6 Å². The number of carbonyl (C=O) groups is 2. The van der Waals surface area contributed by atoms with E-state index < -0.39 is 23.2 Å². The molecule has 6 heteroatoms. The maximum absolute atomic E-state index is 13.3. The summed E-state index contributed by atoms with van der Waals surface area (Å²) < 4.78 is 18.2. The van der Waals surface area contributed by atoms with E-state index in [4.69, 9.17) is 4.74 Å². The van der Waals surface area contributed by atoms with E-state index in [0.29, 0.717) is 12.8 Å². The van der Waals surface area contributed by atoms with Gasteiger partial charge in [0.2, 0.25) is 0 Å². The highest BCUT2D eigenvalue weighted by Crippen LogP contribution is 2.29. The fourth-order valence-corrected chi connectivity index (χ4v) is 2.64. The second-order valence-electron chi connectivity index (χ2n) is 5.25. The summed E-state index contributed by atoms with van der Waals surface area (Å²) in [4.78, 5) is 23.8. The van der Waals surface area contributed by atoms with E-state index in [1.165, 1.54) is 19.2 Å². The van der Waals surface area contributed by atoms with Gasteiger partial charge >= 0.3 is 5.97 Å². The molecule has 5 nitrogen and oxygen atoms in total. The van der Waals surface area contributed by atoms with Gasteiger partial charge in [-0.2, -0.15) is 0 Å². The van der Waals surface area contributed by atoms with Crippen LogP contribution in [0.4, 0.5) is 4.39 Å². The minimum atomic E-state index is -1.23. The number of hydrogen-bond acceptors (Lipinski definition) is 3. The van der Waals surface area contributed by atoms with Crippen molar-refractivity contribution < 1.29 is 23.8 Å². The summed E-state index contributed by atoms with van der Waals surface area (Å²) in [6.45, 7) is 0. The molecule has 0 bridgehead atoms. The molecule has 2 N–H and O–H groups in total. The van der Waals surface area contributed by atoms with Gasteiger partial charge in [0.1, 0.15) is 5.54 Å². The number of aliphatic carboxylic acids is 1. The van der Waals surface area contributed by atoms with Crippen molar-refractivity contribution in [2.75, 3.05) is 7.11 Å². The van der Waals surface area contributed by atoms with Crippen LogP contribution >= 0.6 is 0 Å². The monoisotopic (exact) mass is 295 g/mol. The number of methoxy groups -OCH3 is 1. The van der Waals surface area contributed by atoms with E-state index in [1.54, 1.807) is 0 Å². The molecule has 1 aliphatic rings. The number of carboxylic acid groups (broad SMARTS) is 1. The second kappa shape index (κ2) is 6.11. The van der Waals surface area contributed by atoms with Gasteiger partial charge in [0, 0.05) is 5.56 Å². The normalized spacial score (nSPS) is 17.0. The van der Waals surface area contributed by atoms with E-state index >= 15 is 0 Å². The lowest BCUT2D eigenvalue weighted by Gasteiger charge is -2.34. The molecule has 0 saturated heterocycles. The van der Waals surface area contributed by atoms with Crippen LogP contribution in [-0.2, 0) is 4.79 Å². The number of carboxylic acids is 1. The minimum absolute atomic E-state index is 0.0457. The Bertz CT molecular complexity index is 553. The molecule has 1 amide bonds. The topological polar surface area (TPSA) is 75.6 Å². The second-order valence-corrected chi connectivity index (χ2v) is 5.25. The maximum atomic E-state index is 13.3. The Morgan fingerprint density at radius 3 is 2.52 bits per heavy atom. The Morgan fingerprint density at radius 1 is 1.29 bits per heavy atom. The summed E-state index contributed by atoms with van der Waals surface area (Å²) in [5, 5.41) is 12.0. The molecule has 1 aromatic rings. The first-order valence-electron chi connectivity index (χ1n) is 6.88. The van der Waals surface area contributed by atoms with Gasteiger partial charge in [-0.3, -0.25) is 4.79 Å². The summed E-state index contributed by atoms with van der Waals surface area (Å²) in [7, 11) is 1.31. The number of ether oxygens (including phenoxy) is 1. The SMILES string of the molecule is COc1cc(C(=O)NC2(C(=O)O)CCCCC2)ccc1F. The molecule has 0 aliphatic heterocycles. The number of halogens is 1. The number of nitrogens with one attached hydrogen (secondary N) is 1. The smallest absolute Gasteiger partial charge is 0.329 e. The highest BCUT2D eigenvalue weighted by atomic mass is 19.1. The fourth-order valence-electron chi connectivity index (χ4n) is 2.64. The van der Waals surface area contributed by atoms with E-state index in [2.05, 4.69) is 5.32 Å². The quantitative estimate of drug-likeness (QED) is 0.894. The molecule has 1 aliphatic carbocycles. The highest BCUT2D eigenvalue weighted by Gasteiger charge is 2.41. The zero-order valence-corrected chi connectivity index (χ0v) is 11.8. The third kappa shape index (κ3) is 3.15. The minimum Gasteiger partial charge on any atom is -0.494 e. The molecule has 114 valence electrons. The Hall–Kier alpha value is -2.11. The first kappa shape index (κ1) is 15.3. The highest BCUT2D eigenvalue weighted by molar-refractivity contribution is 5.98. The molecule has 1 fully saturated rings. The third-order valence-electron chi connectivity index (χ3n) is 3.88. The lowest BCUT2D eigenvalue weighted by molar-refractivity contribution is -0.145. The van der Waals surface area contributed by atoms with Crippen LogP contribution in [0.3, 0.4) is 0 Å². The zero-order chi connectivity index (χ0) is 15.5. The van der Waals surface area contributed by atoms with Crippen molar-refractivity contribution in [2.24, 2.45) is 0 Å². The summed E-state index contributed by atoms with van der Waals surface area (Å²) in [5.74, 6) is -2.17. The Morgan fingerprint density at radius 2 is 1.95 bits per heavy atom. The molecule has 0 spiro atoms. The average molecular weight is 295 g/mol. The molecule has 0 radical (unpaired) electrons. The van der Waals surface area contributed by atoms with E-state index in [9.17, 15) is 19.1 Å². The Balaban J connectivity index is 2.21. The number of carbonyl (C=O) groups excluding carboxylic acids is 1. The van der Waals surface area contributed by atoms with Crippen LogP contribution in [0.25, 0.3) is 0 Å². The van der Waals surface area contributed by atoms with Crippen molar-refractivity contribution in [2.45, 2.75) is 37.6 Å². The third-order valence-corrected chi connectivity index (χ3v) is 3.88. The number of benzene rings is 1. The first-order chi connectivity index (χ1) is 9.98. The maximum Gasteiger partial charge on any atom is 0.329 e. The summed E-state index contributed by atoms with van der Waals surface area (Å²) in [5.41, 5.74) is -1.05. The van der Waals surface area contributed by atoms with Gasteiger partial charge in [-0.1, -0.05) is 19.3 Å². The van der Waals surface area contributed by atoms with Gasteiger partial charge in [-0.25, -0.2) is 9.18 Å². The van der Waals surface area contributed by atoms with Crippen molar-refractivity contribution in [1.82, 2.24) is 5.32 Å². The zero-order valence-electron chi connectivity index (χ0n) is 11.8. The molecule has 1 saturated carbocycles. The van der Waals surface area contributed by atoms with Gasteiger partial charge in [0.15, 0.2) is 11.6 Å². The van der Waals surface area contributed by atoms with Crippen molar-refractivity contribution in [1.29, 1.82) is 0 Å². The molecule has 0 heterocycles. The van der Waals surface area contributed by atoms with E-state index in [-0.39, 0.29) is 11.3 Å². The molecular formula is C15H18FNO4. The van der Waals surface area contributed by atoms with Crippen LogP contribution in [0, 0.1) is 5.82 Å². The molecule has 0 aromatic heterocycles. The van der Waals surface area contributed by atoms with Crippen LogP contribution in [0.5, 0.6) is 5.75 Å². The molecular weight excluding hydrogens is 277 g/mol. The first-order valence-corrected chi connectivity index (χ1v) is 6.88. The number of hydrogen-bond donors (Lipinski definition) is 2. The summed E-state index contributed by atoms with van der Waals surface area (Å²) >= 11 is 0. The summed E-state index contributed by atoms with van der Waals surface area (Å²) in [6, 6.07) is 3.71. The molecule has 1 aromatic carbocycles. The molecule has 0 atom stereocenters. The summed E-state index contributed by atoms with van der Waals surface area (Å²) in [6.07, 6.45) is 3.31. The van der Waals surface area contributed by atoms with Gasteiger partial charge in [-0.05, 0) is 31.0 Å². The Kier molecular flexibility index (Phi) is 4.45. The number of rotatable bonds is 4. The lowest BCUT2D eigenvalue weighted by atomic mass is 9.81. The Labute approximate surface area is 122 Å². The van der Waals surface area contributed by atoms with Crippen molar-refractivity contribution >= 4 is 11.9 Å². The van der Waals surface area contributed by atoms with Crippen molar-refractivity contribution in [3.05, 3.63) is 29.6 Å². The van der Waals surface area contributed by atoms with Gasteiger partial charge < -0.3 is 15.2 Å². The average Bonchev–Trinajstić information content (AvgIpc) is 2.48. The van der Waals surface area contributed by atoms with Crippen molar-refractivity contribution in [3.63, 3.8) is 0 Å². The van der Waals surface area contributed by atoms with Crippen molar-refractivity contribution in [3.8, 4) is 5.75 Å². The predicted molar refractivity (Wildman–Crippen MR) is 73.9 cm³/mol. The molecule has 2 rings (SSSR count). The molecule has 21 heavy (non-hydrogen) atoms. The van der Waals surface area contributed by atoms with E-state index in [0.717, 1.165) is 25.3 Å². The predicted octanol–water partition coefficient (Wildman–Crippen LogP) is 2.35. The molecule has 0 unspecified atom stereocenters. The fraction of sp³-hybridized carbons (Fsp3) is 0.467. The van der Waals surface area contributed by atoms with E-state index in [1.807, 2.05) is 0 Å². The largest absolute Gasteiger partial charge is 0.494 e. The van der Waals surface area contributed by atoms with Gasteiger partial charge in [0.05, 0.1) is 7.11 Å².